The van der Waals surface area contributed by atoms with E-state index in [0.717, 1.165) is 6.54 Å². The maximum Gasteiger partial charge on any atom is 0.0592 e. The predicted molar refractivity (Wildman–Crippen MR) is 73.0 cm³/mol. The van der Waals surface area contributed by atoms with E-state index in [1.54, 1.807) is 0 Å². The van der Waals surface area contributed by atoms with Gasteiger partial charge in [0.15, 0.2) is 0 Å². The summed E-state index contributed by atoms with van der Waals surface area (Å²) in [4.78, 5) is 5.22. The Balaban J connectivity index is 2.98. The zero-order valence-electron chi connectivity index (χ0n) is 11.0. The van der Waals surface area contributed by atoms with Crippen LogP contribution in [0.3, 0.4) is 0 Å². The van der Waals surface area contributed by atoms with Crippen molar-refractivity contribution in [3.8, 4) is 0 Å². The summed E-state index contributed by atoms with van der Waals surface area (Å²) in [5, 5.41) is 0. The average Bonchev–Trinajstić information content (AvgIpc) is 2.59. The van der Waals surface area contributed by atoms with Crippen LogP contribution in [0.4, 0.5) is 0 Å². The first kappa shape index (κ1) is 13.7. The number of nitrogens with zero attached hydrogens (tertiary/aromatic N) is 1. The number of hydrogen-bond acceptors (Lipinski definition) is 3. The van der Waals surface area contributed by atoms with E-state index in [4.69, 9.17) is 5.73 Å². The summed E-state index contributed by atoms with van der Waals surface area (Å²) < 4.78 is 0. The minimum Gasteiger partial charge on any atom is -0.326 e. The van der Waals surface area contributed by atoms with Gasteiger partial charge in [-0.15, -0.1) is 11.3 Å². The maximum absolute atomic E-state index is 6.16. The van der Waals surface area contributed by atoms with Gasteiger partial charge in [0.05, 0.1) is 6.04 Å². The molecule has 0 bridgehead atoms. The van der Waals surface area contributed by atoms with Crippen molar-refractivity contribution >= 4 is 11.3 Å². The van der Waals surface area contributed by atoms with Gasteiger partial charge in [-0.05, 0) is 46.4 Å². The Bertz CT molecular complexity index is 317. The second-order valence-corrected chi connectivity index (χ2v) is 6.00. The van der Waals surface area contributed by atoms with Gasteiger partial charge in [-0.25, -0.2) is 0 Å². The van der Waals surface area contributed by atoms with Gasteiger partial charge < -0.3 is 5.73 Å². The number of rotatable bonds is 5. The van der Waals surface area contributed by atoms with Crippen LogP contribution in [0.2, 0.25) is 0 Å². The second kappa shape index (κ2) is 5.80. The quantitative estimate of drug-likeness (QED) is 0.856. The van der Waals surface area contributed by atoms with Crippen LogP contribution in [0.5, 0.6) is 0 Å². The lowest BCUT2D eigenvalue weighted by atomic mass is 10.1. The summed E-state index contributed by atoms with van der Waals surface area (Å²) in [6, 6.07) is 5.45. The van der Waals surface area contributed by atoms with E-state index >= 15 is 0 Å². The summed E-state index contributed by atoms with van der Waals surface area (Å²) in [6.45, 7) is 12.0. The molecule has 0 fully saturated rings. The molecule has 1 aromatic heterocycles. The van der Waals surface area contributed by atoms with Gasteiger partial charge in [-0.3, -0.25) is 4.90 Å². The predicted octanol–water partition coefficient (Wildman–Crippen LogP) is 3.18. The van der Waals surface area contributed by atoms with E-state index in [9.17, 15) is 0 Å². The van der Waals surface area contributed by atoms with E-state index in [1.165, 1.54) is 9.75 Å². The van der Waals surface area contributed by atoms with Crippen LogP contribution < -0.4 is 5.73 Å². The third kappa shape index (κ3) is 3.06. The number of aryl methyl sites for hydroxylation is 1. The highest BCUT2D eigenvalue weighted by Crippen LogP contribution is 2.30. The molecule has 1 heterocycles. The van der Waals surface area contributed by atoms with Crippen molar-refractivity contribution in [3.05, 3.63) is 21.9 Å². The molecule has 0 amide bonds. The smallest absolute Gasteiger partial charge is 0.0592 e. The lowest BCUT2D eigenvalue weighted by molar-refractivity contribution is 0.147. The molecule has 2 nitrogen and oxygen atoms in total. The van der Waals surface area contributed by atoms with E-state index < -0.39 is 0 Å². The van der Waals surface area contributed by atoms with Crippen molar-refractivity contribution < 1.29 is 0 Å². The molecule has 0 spiro atoms. The van der Waals surface area contributed by atoms with Gasteiger partial charge in [0.1, 0.15) is 0 Å². The summed E-state index contributed by atoms with van der Waals surface area (Å²) in [5.74, 6) is 0. The third-order valence-corrected chi connectivity index (χ3v) is 4.01. The highest BCUT2D eigenvalue weighted by molar-refractivity contribution is 7.12. The molecule has 1 aromatic rings. The summed E-state index contributed by atoms with van der Waals surface area (Å²) in [7, 11) is 0. The SMILES string of the molecule is CCN(C(C)C)C(c1ccc(C)s1)C(C)N. The van der Waals surface area contributed by atoms with Gasteiger partial charge in [-0.1, -0.05) is 6.92 Å². The molecule has 0 saturated carbocycles. The van der Waals surface area contributed by atoms with Crippen molar-refractivity contribution in [2.45, 2.75) is 52.7 Å². The van der Waals surface area contributed by atoms with E-state index in [2.05, 4.69) is 51.7 Å². The van der Waals surface area contributed by atoms with Crippen LogP contribution >= 0.6 is 11.3 Å². The Morgan fingerprint density at radius 1 is 1.31 bits per heavy atom. The molecular weight excluding hydrogens is 216 g/mol. The summed E-state index contributed by atoms with van der Waals surface area (Å²) in [5.41, 5.74) is 6.16. The first-order valence-corrected chi connectivity index (χ1v) is 6.86. The molecule has 0 aromatic carbocycles. The van der Waals surface area contributed by atoms with E-state index in [1.807, 2.05) is 11.3 Å². The van der Waals surface area contributed by atoms with Gasteiger partial charge >= 0.3 is 0 Å². The first-order chi connectivity index (χ1) is 7.47. The van der Waals surface area contributed by atoms with Crippen molar-refractivity contribution in [3.63, 3.8) is 0 Å². The minimum absolute atomic E-state index is 0.167. The number of thiophene rings is 1. The largest absolute Gasteiger partial charge is 0.326 e. The topological polar surface area (TPSA) is 29.3 Å². The Kier molecular flexibility index (Phi) is 4.96. The standard InChI is InChI=1S/C13H24N2S/c1-6-15(9(2)3)13(11(5)14)12-8-7-10(4)16-12/h7-9,11,13H,6,14H2,1-5H3. The fourth-order valence-corrected chi connectivity index (χ4v) is 3.33. The number of hydrogen-bond donors (Lipinski definition) is 1. The van der Waals surface area contributed by atoms with Gasteiger partial charge in [-0.2, -0.15) is 0 Å². The van der Waals surface area contributed by atoms with Crippen LogP contribution in [-0.2, 0) is 0 Å². The van der Waals surface area contributed by atoms with E-state index in [0.29, 0.717) is 12.1 Å². The van der Waals surface area contributed by atoms with Crippen LogP contribution in [0.1, 0.15) is 43.5 Å². The molecule has 2 unspecified atom stereocenters. The zero-order valence-corrected chi connectivity index (χ0v) is 11.8. The van der Waals surface area contributed by atoms with Crippen molar-refractivity contribution in [2.75, 3.05) is 6.54 Å². The monoisotopic (exact) mass is 240 g/mol. The van der Waals surface area contributed by atoms with Crippen LogP contribution in [-0.4, -0.2) is 23.5 Å². The lowest BCUT2D eigenvalue weighted by Crippen LogP contribution is -2.42. The lowest BCUT2D eigenvalue weighted by Gasteiger charge is -2.35. The van der Waals surface area contributed by atoms with Crippen LogP contribution in [0.15, 0.2) is 12.1 Å². The van der Waals surface area contributed by atoms with Crippen LogP contribution in [0, 0.1) is 6.92 Å². The van der Waals surface area contributed by atoms with Crippen molar-refractivity contribution in [2.24, 2.45) is 5.73 Å². The van der Waals surface area contributed by atoms with Crippen molar-refractivity contribution in [1.82, 2.24) is 4.90 Å². The summed E-state index contributed by atoms with van der Waals surface area (Å²) in [6.07, 6.45) is 0. The third-order valence-electron chi connectivity index (χ3n) is 2.94. The molecule has 1 rings (SSSR count). The molecule has 92 valence electrons. The van der Waals surface area contributed by atoms with Gasteiger partial charge in [0.2, 0.25) is 0 Å². The maximum atomic E-state index is 6.16. The fourth-order valence-electron chi connectivity index (χ4n) is 2.22. The number of likely N-dealkylation sites (N-methyl/N-ethyl adjacent to an activating group) is 1. The second-order valence-electron chi connectivity index (χ2n) is 4.68. The highest BCUT2D eigenvalue weighted by Gasteiger charge is 2.25. The van der Waals surface area contributed by atoms with Gasteiger partial charge in [0.25, 0.3) is 0 Å². The molecule has 0 aliphatic rings. The first-order valence-electron chi connectivity index (χ1n) is 6.05. The molecule has 0 aliphatic heterocycles. The van der Waals surface area contributed by atoms with Crippen molar-refractivity contribution in [1.29, 1.82) is 0 Å². The Labute approximate surface area is 103 Å². The van der Waals surface area contributed by atoms with E-state index in [-0.39, 0.29) is 6.04 Å². The average molecular weight is 240 g/mol. The fraction of sp³-hybridized carbons (Fsp3) is 0.692. The Hall–Kier alpha value is -0.380. The molecule has 16 heavy (non-hydrogen) atoms. The molecule has 0 saturated heterocycles. The molecule has 2 N–H and O–H groups in total. The summed E-state index contributed by atoms with van der Waals surface area (Å²) >= 11 is 1.86. The highest BCUT2D eigenvalue weighted by atomic mass is 32.1. The Morgan fingerprint density at radius 2 is 1.94 bits per heavy atom. The molecular formula is C13H24N2S. The molecule has 0 aliphatic carbocycles. The molecule has 0 radical (unpaired) electrons. The Morgan fingerprint density at radius 3 is 2.25 bits per heavy atom. The van der Waals surface area contributed by atoms with Crippen LogP contribution in [0.25, 0.3) is 0 Å². The minimum atomic E-state index is 0.167. The molecule has 2 atom stereocenters. The molecule has 3 heteroatoms. The number of nitrogens with two attached hydrogens (primary N) is 1. The normalized spacial score (nSPS) is 15.8. The van der Waals surface area contributed by atoms with Gasteiger partial charge in [0, 0.05) is 21.8 Å². The zero-order chi connectivity index (χ0) is 12.3.